The van der Waals surface area contributed by atoms with Crippen LogP contribution >= 0.6 is 0 Å². The fourth-order valence-corrected chi connectivity index (χ4v) is 1.29. The summed E-state index contributed by atoms with van der Waals surface area (Å²) in [5.74, 6) is -0.230. The molecule has 0 spiro atoms. The molecule has 1 rings (SSSR count). The Morgan fingerprint density at radius 3 is 2.47 bits per heavy atom. The highest BCUT2D eigenvalue weighted by atomic mass is 16.3. The zero-order valence-corrected chi connectivity index (χ0v) is 9.10. The van der Waals surface area contributed by atoms with Gasteiger partial charge < -0.3 is 10.4 Å². The number of hydrogen-bond donors (Lipinski definition) is 2. The Morgan fingerprint density at radius 2 is 1.93 bits per heavy atom. The highest BCUT2D eigenvalue weighted by Crippen LogP contribution is 2.13. The Hall–Kier alpha value is -1.35. The van der Waals surface area contributed by atoms with Gasteiger partial charge in [-0.2, -0.15) is 0 Å². The van der Waals surface area contributed by atoms with Crippen LogP contribution in [0.25, 0.3) is 0 Å². The maximum Gasteiger partial charge on any atom is 0.227 e. The molecule has 3 heteroatoms. The largest absolute Gasteiger partial charge is 0.392 e. The quantitative estimate of drug-likeness (QED) is 0.781. The lowest BCUT2D eigenvalue weighted by molar-refractivity contribution is -0.122. The van der Waals surface area contributed by atoms with Gasteiger partial charge in [0, 0.05) is 6.54 Å². The van der Waals surface area contributed by atoms with Crippen molar-refractivity contribution >= 4 is 5.91 Å². The van der Waals surface area contributed by atoms with Gasteiger partial charge in [-0.25, -0.2) is 0 Å². The van der Waals surface area contributed by atoms with E-state index in [1.807, 2.05) is 37.3 Å². The van der Waals surface area contributed by atoms with Gasteiger partial charge in [0.05, 0.1) is 12.0 Å². The van der Waals surface area contributed by atoms with Crippen molar-refractivity contribution in [1.82, 2.24) is 5.32 Å². The predicted octanol–water partition coefficient (Wildman–Crippen LogP) is 1.29. The number of carbonyl (C=O) groups is 1. The van der Waals surface area contributed by atoms with Crippen molar-refractivity contribution in [1.29, 1.82) is 0 Å². The summed E-state index contributed by atoms with van der Waals surface area (Å²) in [6.07, 6.45) is -0.503. The summed E-state index contributed by atoms with van der Waals surface area (Å²) in [5, 5.41) is 11.7. The lowest BCUT2D eigenvalue weighted by atomic mass is 10.0. The fraction of sp³-hybridized carbons (Fsp3) is 0.417. The van der Waals surface area contributed by atoms with Gasteiger partial charge in [-0.15, -0.1) is 0 Å². The van der Waals surface area contributed by atoms with Crippen LogP contribution in [0.4, 0.5) is 0 Å². The van der Waals surface area contributed by atoms with E-state index in [1.54, 1.807) is 6.92 Å². The second kappa shape index (κ2) is 5.51. The van der Waals surface area contributed by atoms with Crippen molar-refractivity contribution in [3.05, 3.63) is 35.9 Å². The number of carbonyl (C=O) groups excluding carboxylic acids is 1. The molecule has 15 heavy (non-hydrogen) atoms. The van der Waals surface area contributed by atoms with Crippen molar-refractivity contribution in [3.8, 4) is 0 Å². The average molecular weight is 207 g/mol. The zero-order valence-electron chi connectivity index (χ0n) is 9.10. The van der Waals surface area contributed by atoms with Crippen LogP contribution in [0.5, 0.6) is 0 Å². The Balaban J connectivity index is 2.54. The van der Waals surface area contributed by atoms with Crippen LogP contribution in [0.1, 0.15) is 25.3 Å². The molecule has 0 aliphatic rings. The first-order valence-electron chi connectivity index (χ1n) is 5.12. The van der Waals surface area contributed by atoms with Crippen molar-refractivity contribution in [2.24, 2.45) is 0 Å². The van der Waals surface area contributed by atoms with E-state index in [-0.39, 0.29) is 11.8 Å². The Kier molecular flexibility index (Phi) is 4.31. The lowest BCUT2D eigenvalue weighted by Crippen LogP contribution is -2.33. The van der Waals surface area contributed by atoms with Crippen LogP contribution in [-0.2, 0) is 4.79 Å². The summed E-state index contributed by atoms with van der Waals surface area (Å²) < 4.78 is 0. The minimum absolute atomic E-state index is 0.0536. The minimum atomic E-state index is -0.503. The molecule has 0 aliphatic carbocycles. The predicted molar refractivity (Wildman–Crippen MR) is 59.5 cm³/mol. The molecule has 0 heterocycles. The van der Waals surface area contributed by atoms with Gasteiger partial charge in [0.25, 0.3) is 0 Å². The first-order valence-corrected chi connectivity index (χ1v) is 5.12. The van der Waals surface area contributed by atoms with Gasteiger partial charge in [0.2, 0.25) is 5.91 Å². The van der Waals surface area contributed by atoms with Gasteiger partial charge >= 0.3 is 0 Å². The third kappa shape index (κ3) is 3.72. The van der Waals surface area contributed by atoms with Gasteiger partial charge in [-0.1, -0.05) is 30.3 Å². The molecule has 0 bridgehead atoms. The van der Waals surface area contributed by atoms with Gasteiger partial charge in [0.15, 0.2) is 0 Å². The highest BCUT2D eigenvalue weighted by Gasteiger charge is 2.14. The maximum absolute atomic E-state index is 11.6. The molecule has 82 valence electrons. The Labute approximate surface area is 90.1 Å². The third-order valence-corrected chi connectivity index (χ3v) is 2.26. The molecular weight excluding hydrogens is 190 g/mol. The molecule has 2 N–H and O–H groups in total. The molecule has 1 aromatic rings. The number of aliphatic hydroxyl groups is 1. The number of amides is 1. The number of rotatable bonds is 4. The molecule has 0 fully saturated rings. The summed E-state index contributed by atoms with van der Waals surface area (Å²) in [6, 6.07) is 9.59. The van der Waals surface area contributed by atoms with Crippen LogP contribution in [0.15, 0.2) is 30.3 Å². The maximum atomic E-state index is 11.6. The van der Waals surface area contributed by atoms with Crippen LogP contribution in [-0.4, -0.2) is 23.7 Å². The summed E-state index contributed by atoms with van der Waals surface area (Å²) in [6.45, 7) is 3.80. The van der Waals surface area contributed by atoms with E-state index in [0.717, 1.165) is 5.56 Å². The highest BCUT2D eigenvalue weighted by molar-refractivity contribution is 5.83. The molecule has 0 aliphatic heterocycles. The van der Waals surface area contributed by atoms with Crippen molar-refractivity contribution < 1.29 is 9.90 Å². The molecule has 0 saturated heterocycles. The molecule has 1 unspecified atom stereocenters. The first-order chi connectivity index (χ1) is 7.11. The van der Waals surface area contributed by atoms with E-state index < -0.39 is 6.10 Å². The molecule has 2 atom stereocenters. The van der Waals surface area contributed by atoms with Crippen LogP contribution in [0, 0.1) is 0 Å². The summed E-state index contributed by atoms with van der Waals surface area (Å²) in [4.78, 5) is 11.6. The van der Waals surface area contributed by atoms with E-state index in [4.69, 9.17) is 5.11 Å². The SMILES string of the molecule is CC(C(=O)NC[C@H](C)O)c1ccccc1. The van der Waals surface area contributed by atoms with Crippen LogP contribution < -0.4 is 5.32 Å². The van der Waals surface area contributed by atoms with E-state index >= 15 is 0 Å². The number of nitrogens with one attached hydrogen (secondary N) is 1. The van der Waals surface area contributed by atoms with Crippen molar-refractivity contribution in [3.63, 3.8) is 0 Å². The summed E-state index contributed by atoms with van der Waals surface area (Å²) in [5.41, 5.74) is 0.987. The molecule has 0 saturated carbocycles. The number of hydrogen-bond acceptors (Lipinski definition) is 2. The Morgan fingerprint density at radius 1 is 1.33 bits per heavy atom. The van der Waals surface area contributed by atoms with Gasteiger partial charge in [0.1, 0.15) is 0 Å². The van der Waals surface area contributed by atoms with E-state index in [2.05, 4.69) is 5.32 Å². The molecular formula is C12H17NO2. The monoisotopic (exact) mass is 207 g/mol. The van der Waals surface area contributed by atoms with Crippen LogP contribution in [0.2, 0.25) is 0 Å². The number of aliphatic hydroxyl groups excluding tert-OH is 1. The Bertz CT molecular complexity index is 309. The van der Waals surface area contributed by atoms with E-state index in [9.17, 15) is 4.79 Å². The summed E-state index contributed by atoms with van der Waals surface area (Å²) >= 11 is 0. The minimum Gasteiger partial charge on any atom is -0.392 e. The second-order valence-electron chi connectivity index (χ2n) is 3.73. The lowest BCUT2D eigenvalue weighted by Gasteiger charge is -2.13. The third-order valence-electron chi connectivity index (χ3n) is 2.26. The second-order valence-corrected chi connectivity index (χ2v) is 3.73. The van der Waals surface area contributed by atoms with E-state index in [1.165, 1.54) is 0 Å². The summed E-state index contributed by atoms with van der Waals surface area (Å²) in [7, 11) is 0. The van der Waals surface area contributed by atoms with Crippen molar-refractivity contribution in [2.75, 3.05) is 6.54 Å². The molecule has 1 amide bonds. The fourth-order valence-electron chi connectivity index (χ4n) is 1.29. The van der Waals surface area contributed by atoms with E-state index in [0.29, 0.717) is 6.54 Å². The smallest absolute Gasteiger partial charge is 0.227 e. The topological polar surface area (TPSA) is 49.3 Å². The first kappa shape index (κ1) is 11.7. The molecule has 1 aromatic carbocycles. The molecule has 0 aromatic heterocycles. The van der Waals surface area contributed by atoms with Gasteiger partial charge in [-0.05, 0) is 19.4 Å². The van der Waals surface area contributed by atoms with Crippen molar-refractivity contribution in [2.45, 2.75) is 25.9 Å². The standard InChI is InChI=1S/C12H17NO2/c1-9(14)8-13-12(15)10(2)11-6-4-3-5-7-11/h3-7,9-10,14H,8H2,1-2H3,(H,13,15)/t9-,10?/m0/s1. The number of benzene rings is 1. The molecule has 3 nitrogen and oxygen atoms in total. The average Bonchev–Trinajstić information content (AvgIpc) is 2.26. The normalized spacial score (nSPS) is 14.3. The van der Waals surface area contributed by atoms with Gasteiger partial charge in [-0.3, -0.25) is 4.79 Å². The zero-order chi connectivity index (χ0) is 11.3. The van der Waals surface area contributed by atoms with Crippen LogP contribution in [0.3, 0.4) is 0 Å². The molecule has 0 radical (unpaired) electrons.